The van der Waals surface area contributed by atoms with Crippen LogP contribution < -0.4 is 11.1 Å². The third-order valence-corrected chi connectivity index (χ3v) is 15.4. The predicted molar refractivity (Wildman–Crippen MR) is 175 cm³/mol. The van der Waals surface area contributed by atoms with Gasteiger partial charge in [-0.05, 0) is 128 Å². The number of methoxy groups -OCH3 is 1. The molecule has 4 fully saturated rings. The minimum Gasteiger partial charge on any atom is -0.469 e. The highest BCUT2D eigenvalue weighted by atomic mass is 16.5. The number of nitrogens with two attached hydrogens (primary N) is 1. The lowest BCUT2D eigenvalue weighted by molar-refractivity contribution is -0.201. The van der Waals surface area contributed by atoms with E-state index in [1.54, 1.807) is 12.7 Å². The molecule has 0 aromatic carbocycles. The molecule has 4 saturated carbocycles. The first-order chi connectivity index (χ1) is 20.2. The molecule has 43 heavy (non-hydrogen) atoms. The van der Waals surface area contributed by atoms with Crippen LogP contribution in [0, 0.1) is 62.6 Å². The van der Waals surface area contributed by atoms with Crippen LogP contribution in [-0.4, -0.2) is 32.1 Å². The molecular weight excluding hydrogens is 532 g/mol. The molecule has 0 heterocycles. The van der Waals surface area contributed by atoms with E-state index in [1.807, 2.05) is 0 Å². The lowest BCUT2D eigenvalue weighted by atomic mass is 9.33. The van der Waals surface area contributed by atoms with Crippen LogP contribution in [0.1, 0.15) is 132 Å². The van der Waals surface area contributed by atoms with E-state index >= 15 is 0 Å². The van der Waals surface area contributed by atoms with Crippen molar-refractivity contribution < 1.29 is 14.3 Å². The van der Waals surface area contributed by atoms with Crippen LogP contribution in [-0.2, 0) is 14.3 Å². The van der Waals surface area contributed by atoms with Crippen molar-refractivity contribution in [1.29, 1.82) is 0 Å². The third kappa shape index (κ3) is 4.87. The van der Waals surface area contributed by atoms with Crippen molar-refractivity contribution in [2.24, 2.45) is 68.3 Å². The second kappa shape index (κ2) is 11.8. The minimum absolute atomic E-state index is 0.00995. The summed E-state index contributed by atoms with van der Waals surface area (Å²) >= 11 is 0. The highest BCUT2D eigenvalue weighted by Crippen LogP contribution is 2.76. The lowest BCUT2D eigenvalue weighted by Crippen LogP contribution is -2.65. The Hall–Kier alpha value is -1.36. The second-order valence-electron chi connectivity index (χ2n) is 17.2. The Balaban J connectivity index is 1.46. The molecule has 10 atom stereocenters. The molecule has 0 bridgehead atoms. The molecule has 5 aliphatic rings. The number of hydrogen-bond acceptors (Lipinski definition) is 4. The highest BCUT2D eigenvalue weighted by Gasteiger charge is 2.69. The van der Waals surface area contributed by atoms with Gasteiger partial charge in [-0.15, -0.1) is 0 Å². The van der Waals surface area contributed by atoms with Crippen molar-refractivity contribution in [3.8, 4) is 0 Å². The van der Waals surface area contributed by atoms with Gasteiger partial charge in [0, 0.05) is 6.54 Å². The van der Waals surface area contributed by atoms with Gasteiger partial charge in [0.2, 0.25) is 5.91 Å². The summed E-state index contributed by atoms with van der Waals surface area (Å²) in [5, 5.41) is 3.46. The molecular formula is C38H64N2O3. The first kappa shape index (κ1) is 33.0. The van der Waals surface area contributed by atoms with Crippen LogP contribution in [0.25, 0.3) is 0 Å². The van der Waals surface area contributed by atoms with E-state index in [9.17, 15) is 9.59 Å². The molecule has 1 amide bonds. The number of ether oxygens (including phenoxy) is 1. The molecule has 0 aliphatic heterocycles. The maximum absolute atomic E-state index is 14.3. The van der Waals surface area contributed by atoms with Crippen LogP contribution in [0.3, 0.4) is 0 Å². The van der Waals surface area contributed by atoms with Gasteiger partial charge in [-0.2, -0.15) is 0 Å². The summed E-state index contributed by atoms with van der Waals surface area (Å²) in [6.07, 6.45) is 16.9. The molecule has 3 N–H and O–H groups in total. The summed E-state index contributed by atoms with van der Waals surface area (Å²) in [6.45, 7) is 19.0. The number of amides is 1. The fourth-order valence-corrected chi connectivity index (χ4v) is 12.5. The number of unbranched alkanes of at least 4 members (excludes halogenated alkanes) is 3. The van der Waals surface area contributed by atoms with E-state index in [2.05, 4.69) is 59.9 Å². The molecule has 3 unspecified atom stereocenters. The van der Waals surface area contributed by atoms with Gasteiger partial charge in [0.25, 0.3) is 0 Å². The highest BCUT2D eigenvalue weighted by molar-refractivity contribution is 5.84. The van der Waals surface area contributed by atoms with Crippen molar-refractivity contribution in [1.82, 2.24) is 5.32 Å². The first-order valence-electron chi connectivity index (χ1n) is 18.0. The van der Waals surface area contributed by atoms with Crippen molar-refractivity contribution in [3.05, 3.63) is 11.6 Å². The number of allylic oxidation sites excluding steroid dienone is 2. The monoisotopic (exact) mass is 596 g/mol. The number of nitrogens with one attached hydrogen (secondary N) is 1. The molecule has 5 heteroatoms. The molecule has 5 rings (SSSR count). The molecule has 244 valence electrons. The molecule has 5 aliphatic carbocycles. The maximum atomic E-state index is 14.3. The zero-order valence-corrected chi connectivity index (χ0v) is 29.0. The van der Waals surface area contributed by atoms with Crippen molar-refractivity contribution in [2.75, 3.05) is 20.2 Å². The van der Waals surface area contributed by atoms with Gasteiger partial charge in [0.05, 0.1) is 18.4 Å². The summed E-state index contributed by atoms with van der Waals surface area (Å²) in [5.74, 6) is 2.90. The Labute approximate surface area is 263 Å². The Kier molecular flexibility index (Phi) is 9.04. The van der Waals surface area contributed by atoms with Gasteiger partial charge in [-0.3, -0.25) is 9.59 Å². The van der Waals surface area contributed by atoms with Gasteiger partial charge in [-0.25, -0.2) is 0 Å². The van der Waals surface area contributed by atoms with Crippen LogP contribution in [0.4, 0.5) is 0 Å². The zero-order chi connectivity index (χ0) is 31.4. The van der Waals surface area contributed by atoms with E-state index in [-0.39, 0.29) is 39.0 Å². The topological polar surface area (TPSA) is 81.4 Å². The quantitative estimate of drug-likeness (QED) is 0.169. The van der Waals surface area contributed by atoms with E-state index in [0.717, 1.165) is 83.7 Å². The average molecular weight is 597 g/mol. The summed E-state index contributed by atoms with van der Waals surface area (Å²) in [6, 6.07) is 0. The van der Waals surface area contributed by atoms with Gasteiger partial charge in [-0.1, -0.05) is 73.0 Å². The second-order valence-corrected chi connectivity index (χ2v) is 17.2. The molecule has 0 spiro atoms. The summed E-state index contributed by atoms with van der Waals surface area (Å²) in [4.78, 5) is 27.1. The largest absolute Gasteiger partial charge is 0.469 e. The Morgan fingerprint density at radius 2 is 1.63 bits per heavy atom. The normalized spacial score (nSPS) is 45.0. The number of carbonyl (C=O) groups excluding carboxylic acids is 2. The fraction of sp³-hybridized carbons (Fsp3) is 0.895. The van der Waals surface area contributed by atoms with Gasteiger partial charge >= 0.3 is 5.97 Å². The lowest BCUT2D eigenvalue weighted by Gasteiger charge is -2.71. The molecule has 0 aromatic heterocycles. The van der Waals surface area contributed by atoms with Crippen LogP contribution in [0.5, 0.6) is 0 Å². The number of hydrogen-bond donors (Lipinski definition) is 2. The van der Waals surface area contributed by atoms with E-state index in [4.69, 9.17) is 10.5 Å². The predicted octanol–water partition coefficient (Wildman–Crippen LogP) is 8.07. The summed E-state index contributed by atoms with van der Waals surface area (Å²) < 4.78 is 5.31. The van der Waals surface area contributed by atoms with Crippen LogP contribution >= 0.6 is 0 Å². The van der Waals surface area contributed by atoms with E-state index in [0.29, 0.717) is 35.5 Å². The SMILES string of the molecule is COC(=O)[C@H]1CC[C@@]2(C)C(CC[C@]3(C)C2CC=C2C4[C@@H](C)[C@H](C)CC[C@]4(C(=O)NCCCCCCN)CC[C@]23C)C1(C)C. The number of rotatable bonds is 8. The zero-order valence-electron chi connectivity index (χ0n) is 29.0. The van der Waals surface area contributed by atoms with Gasteiger partial charge in [0.15, 0.2) is 0 Å². The minimum atomic E-state index is -0.264. The summed E-state index contributed by atoms with van der Waals surface area (Å²) in [7, 11) is 1.55. The number of carbonyl (C=O) groups is 2. The van der Waals surface area contributed by atoms with Crippen molar-refractivity contribution in [2.45, 2.75) is 132 Å². The number of esters is 1. The fourth-order valence-electron chi connectivity index (χ4n) is 12.5. The Bertz CT molecular complexity index is 1100. The molecule has 0 radical (unpaired) electrons. The van der Waals surface area contributed by atoms with E-state index < -0.39 is 0 Å². The molecule has 0 aromatic rings. The van der Waals surface area contributed by atoms with Gasteiger partial charge < -0.3 is 15.8 Å². The molecule has 5 nitrogen and oxygen atoms in total. The molecule has 0 saturated heterocycles. The summed E-state index contributed by atoms with van der Waals surface area (Å²) in [5.41, 5.74) is 7.49. The van der Waals surface area contributed by atoms with Crippen LogP contribution in [0.2, 0.25) is 0 Å². The average Bonchev–Trinajstić information content (AvgIpc) is 2.96. The third-order valence-electron chi connectivity index (χ3n) is 15.4. The van der Waals surface area contributed by atoms with Crippen molar-refractivity contribution >= 4 is 11.9 Å². The Morgan fingerprint density at radius 1 is 0.907 bits per heavy atom. The van der Waals surface area contributed by atoms with Crippen LogP contribution in [0.15, 0.2) is 11.6 Å². The smallest absolute Gasteiger partial charge is 0.309 e. The Morgan fingerprint density at radius 3 is 2.33 bits per heavy atom. The van der Waals surface area contributed by atoms with E-state index in [1.165, 1.54) is 12.8 Å². The first-order valence-corrected chi connectivity index (χ1v) is 18.0. The van der Waals surface area contributed by atoms with Crippen molar-refractivity contribution in [3.63, 3.8) is 0 Å². The standard InChI is InChI=1S/C38H64N2O3/c1-25-15-20-38(33(42)40-24-12-10-9-11-23-39)22-21-36(6)27(31(38)26(25)2)13-14-30-35(5)18-16-28(32(41)43-8)34(3,4)29(35)17-19-37(30,36)7/h13,25-26,28-31H,9-12,14-24,39H2,1-8H3,(H,40,42)/t25-,26+,28-,29?,30?,31?,35+,36-,37-,38+/m1/s1. The van der Waals surface area contributed by atoms with Gasteiger partial charge in [0.1, 0.15) is 0 Å². The maximum Gasteiger partial charge on any atom is 0.309 e. The number of fused-ring (bicyclic) bond motifs is 7.